The summed E-state index contributed by atoms with van der Waals surface area (Å²) in [4.78, 5) is 11.6. The lowest BCUT2D eigenvalue weighted by Gasteiger charge is -2.30. The van der Waals surface area contributed by atoms with Gasteiger partial charge in [-0.05, 0) is 12.1 Å². The zero-order valence-corrected chi connectivity index (χ0v) is 12.6. The van der Waals surface area contributed by atoms with Crippen LogP contribution in [0.4, 0.5) is 0 Å². The molecule has 0 aliphatic carbocycles. The standard InChI is InChI=1S/C13H17NO6S/c1-18-10-4-3-5-11(8-10)21(16,17)14-6-7-20-12(9-14)13(15)19-2/h3-5,8,12H,6-7,9H2,1-2H3. The number of methoxy groups -OCH3 is 2. The van der Waals surface area contributed by atoms with Crippen LogP contribution in [0, 0.1) is 0 Å². The third-order valence-corrected chi connectivity index (χ3v) is 5.03. The molecule has 21 heavy (non-hydrogen) atoms. The fourth-order valence-corrected chi connectivity index (χ4v) is 3.49. The number of benzene rings is 1. The van der Waals surface area contributed by atoms with E-state index in [2.05, 4.69) is 4.74 Å². The number of nitrogens with zero attached hydrogens (tertiary/aromatic N) is 1. The summed E-state index contributed by atoms with van der Waals surface area (Å²) in [5.74, 6) is -0.130. The maximum atomic E-state index is 12.6. The largest absolute Gasteiger partial charge is 0.497 e. The van der Waals surface area contributed by atoms with Gasteiger partial charge in [-0.15, -0.1) is 0 Å². The Balaban J connectivity index is 2.24. The Labute approximate surface area is 123 Å². The molecule has 1 aliphatic heterocycles. The Morgan fingerprint density at radius 1 is 1.38 bits per heavy atom. The summed E-state index contributed by atoms with van der Waals surface area (Å²) in [6.07, 6.45) is -0.899. The van der Waals surface area contributed by atoms with Gasteiger partial charge in [0, 0.05) is 12.6 Å². The Kier molecular flexibility index (Phi) is 4.81. The molecule has 1 heterocycles. The van der Waals surface area contributed by atoms with E-state index in [0.29, 0.717) is 5.75 Å². The van der Waals surface area contributed by atoms with Crippen molar-refractivity contribution in [2.45, 2.75) is 11.0 Å². The fourth-order valence-electron chi connectivity index (χ4n) is 2.03. The van der Waals surface area contributed by atoms with Gasteiger partial charge in [-0.3, -0.25) is 0 Å². The van der Waals surface area contributed by atoms with E-state index in [1.165, 1.54) is 30.7 Å². The maximum Gasteiger partial charge on any atom is 0.336 e. The van der Waals surface area contributed by atoms with Crippen LogP contribution >= 0.6 is 0 Å². The van der Waals surface area contributed by atoms with Gasteiger partial charge < -0.3 is 14.2 Å². The van der Waals surface area contributed by atoms with Crippen molar-refractivity contribution in [3.8, 4) is 5.75 Å². The van der Waals surface area contributed by atoms with Crippen molar-refractivity contribution in [2.24, 2.45) is 0 Å². The highest BCUT2D eigenvalue weighted by molar-refractivity contribution is 7.89. The molecule has 0 aromatic heterocycles. The van der Waals surface area contributed by atoms with Crippen LogP contribution in [0.1, 0.15) is 0 Å². The van der Waals surface area contributed by atoms with Gasteiger partial charge in [0.2, 0.25) is 10.0 Å². The summed E-state index contributed by atoms with van der Waals surface area (Å²) < 4.78 is 41.2. The van der Waals surface area contributed by atoms with Crippen LogP contribution < -0.4 is 4.74 Å². The Morgan fingerprint density at radius 2 is 2.14 bits per heavy atom. The van der Waals surface area contributed by atoms with Crippen LogP contribution in [-0.4, -0.2) is 58.7 Å². The normalized spacial score (nSPS) is 20.0. The summed E-state index contributed by atoms with van der Waals surface area (Å²) >= 11 is 0. The first kappa shape index (κ1) is 15.7. The average Bonchev–Trinajstić information content (AvgIpc) is 2.54. The molecular weight excluding hydrogens is 298 g/mol. The number of carbonyl (C=O) groups is 1. The van der Waals surface area contributed by atoms with E-state index in [-0.39, 0.29) is 24.6 Å². The van der Waals surface area contributed by atoms with Crippen molar-refractivity contribution in [2.75, 3.05) is 33.9 Å². The first-order valence-corrected chi connectivity index (χ1v) is 7.76. The number of carbonyl (C=O) groups excluding carboxylic acids is 1. The van der Waals surface area contributed by atoms with Gasteiger partial charge in [0.1, 0.15) is 5.75 Å². The number of esters is 1. The minimum atomic E-state index is -3.70. The lowest BCUT2D eigenvalue weighted by molar-refractivity contribution is -0.157. The van der Waals surface area contributed by atoms with Crippen LogP contribution in [0.15, 0.2) is 29.2 Å². The Bertz CT molecular complexity index is 615. The molecule has 1 aromatic rings. The molecule has 116 valence electrons. The second-order valence-electron chi connectivity index (χ2n) is 4.42. The minimum absolute atomic E-state index is 0.0633. The molecule has 1 unspecified atom stereocenters. The van der Waals surface area contributed by atoms with E-state index in [4.69, 9.17) is 9.47 Å². The zero-order chi connectivity index (χ0) is 15.5. The Hall–Kier alpha value is -1.64. The summed E-state index contributed by atoms with van der Waals surface area (Å²) in [5.41, 5.74) is 0. The summed E-state index contributed by atoms with van der Waals surface area (Å²) in [7, 11) is -1.00. The van der Waals surface area contributed by atoms with Crippen LogP contribution in [0.5, 0.6) is 5.75 Å². The monoisotopic (exact) mass is 315 g/mol. The highest BCUT2D eigenvalue weighted by atomic mass is 32.2. The number of hydrogen-bond donors (Lipinski definition) is 0. The van der Waals surface area contributed by atoms with E-state index in [1.54, 1.807) is 12.1 Å². The molecule has 1 saturated heterocycles. The van der Waals surface area contributed by atoms with Crippen LogP contribution in [0.2, 0.25) is 0 Å². The number of sulfonamides is 1. The van der Waals surface area contributed by atoms with E-state index in [1.807, 2.05) is 0 Å². The van der Waals surface area contributed by atoms with E-state index >= 15 is 0 Å². The molecule has 8 heteroatoms. The molecule has 0 saturated carbocycles. The highest BCUT2D eigenvalue weighted by Crippen LogP contribution is 2.22. The molecule has 1 aromatic carbocycles. The molecule has 1 atom stereocenters. The Morgan fingerprint density at radius 3 is 2.81 bits per heavy atom. The number of hydrogen-bond acceptors (Lipinski definition) is 6. The zero-order valence-electron chi connectivity index (χ0n) is 11.8. The van der Waals surface area contributed by atoms with Crippen molar-refractivity contribution in [1.82, 2.24) is 4.31 Å². The third-order valence-electron chi connectivity index (χ3n) is 3.17. The molecule has 0 amide bonds. The summed E-state index contributed by atoms with van der Waals surface area (Å²) in [5, 5.41) is 0. The lowest BCUT2D eigenvalue weighted by Crippen LogP contribution is -2.48. The smallest absolute Gasteiger partial charge is 0.336 e. The first-order valence-electron chi connectivity index (χ1n) is 6.32. The second-order valence-corrected chi connectivity index (χ2v) is 6.36. The van der Waals surface area contributed by atoms with Gasteiger partial charge >= 0.3 is 5.97 Å². The second kappa shape index (κ2) is 6.42. The molecular formula is C13H17NO6S. The van der Waals surface area contributed by atoms with Gasteiger partial charge in [-0.25, -0.2) is 13.2 Å². The molecule has 0 N–H and O–H groups in total. The highest BCUT2D eigenvalue weighted by Gasteiger charge is 2.34. The van der Waals surface area contributed by atoms with E-state index in [0.717, 1.165) is 0 Å². The maximum absolute atomic E-state index is 12.6. The number of rotatable bonds is 4. The van der Waals surface area contributed by atoms with Gasteiger partial charge in [-0.1, -0.05) is 6.07 Å². The van der Waals surface area contributed by atoms with Gasteiger partial charge in [0.15, 0.2) is 6.10 Å². The van der Waals surface area contributed by atoms with Gasteiger partial charge in [0.05, 0.1) is 32.3 Å². The van der Waals surface area contributed by atoms with Gasteiger partial charge in [-0.2, -0.15) is 4.31 Å². The predicted molar refractivity (Wildman–Crippen MR) is 73.5 cm³/mol. The minimum Gasteiger partial charge on any atom is -0.497 e. The predicted octanol–water partition coefficient (Wildman–Crippen LogP) is 0.258. The van der Waals surface area contributed by atoms with Crippen LogP contribution in [0.25, 0.3) is 0 Å². The van der Waals surface area contributed by atoms with Crippen molar-refractivity contribution in [1.29, 1.82) is 0 Å². The molecule has 7 nitrogen and oxygen atoms in total. The first-order chi connectivity index (χ1) is 9.98. The summed E-state index contributed by atoms with van der Waals surface area (Å²) in [6.45, 7) is 0.266. The van der Waals surface area contributed by atoms with E-state index < -0.39 is 22.1 Å². The molecule has 0 spiro atoms. The molecule has 1 aliphatic rings. The molecule has 1 fully saturated rings. The SMILES string of the molecule is COC(=O)C1CN(S(=O)(=O)c2cccc(OC)c2)CCO1. The fraction of sp³-hybridized carbons (Fsp3) is 0.462. The average molecular weight is 315 g/mol. The van der Waals surface area contributed by atoms with Gasteiger partial charge in [0.25, 0.3) is 0 Å². The molecule has 0 radical (unpaired) electrons. The third kappa shape index (κ3) is 3.34. The quantitative estimate of drug-likeness (QED) is 0.741. The number of morpholine rings is 1. The van der Waals surface area contributed by atoms with Crippen molar-refractivity contribution < 1.29 is 27.4 Å². The van der Waals surface area contributed by atoms with E-state index in [9.17, 15) is 13.2 Å². The molecule has 2 rings (SSSR count). The summed E-state index contributed by atoms with van der Waals surface area (Å²) in [6, 6.07) is 6.19. The topological polar surface area (TPSA) is 82.1 Å². The van der Waals surface area contributed by atoms with Crippen LogP contribution in [-0.2, 0) is 24.3 Å². The molecule has 0 bridgehead atoms. The van der Waals surface area contributed by atoms with Crippen molar-refractivity contribution in [3.63, 3.8) is 0 Å². The number of ether oxygens (including phenoxy) is 3. The van der Waals surface area contributed by atoms with Crippen molar-refractivity contribution >= 4 is 16.0 Å². The lowest BCUT2D eigenvalue weighted by atomic mass is 10.3. The van der Waals surface area contributed by atoms with Crippen LogP contribution in [0.3, 0.4) is 0 Å². The van der Waals surface area contributed by atoms with Crippen molar-refractivity contribution in [3.05, 3.63) is 24.3 Å².